The molecule has 0 spiro atoms. The summed E-state index contributed by atoms with van der Waals surface area (Å²) < 4.78 is 4.94. The van der Waals surface area contributed by atoms with Crippen LogP contribution in [0.5, 0.6) is 0 Å². The second kappa shape index (κ2) is 5.61. The normalized spacial score (nSPS) is 15.6. The number of carbonyl (C=O) groups excluding carboxylic acids is 1. The van der Waals surface area contributed by atoms with E-state index in [4.69, 9.17) is 4.52 Å². The first-order valence-electron chi connectivity index (χ1n) is 6.85. The van der Waals surface area contributed by atoms with E-state index in [0.29, 0.717) is 24.1 Å². The fourth-order valence-electron chi connectivity index (χ4n) is 1.92. The molecule has 1 amide bonds. The summed E-state index contributed by atoms with van der Waals surface area (Å²) in [4.78, 5) is 16.1. The molecule has 0 atom stereocenters. The minimum Gasteiger partial charge on any atom is -0.344 e. The molecule has 2 rings (SSSR count). The topological polar surface area (TPSA) is 68.0 Å². The van der Waals surface area contributed by atoms with Crippen LogP contribution in [0, 0.1) is 12.8 Å². The minimum atomic E-state index is -0.643. The highest BCUT2D eigenvalue weighted by molar-refractivity contribution is 5.78. The molecule has 5 heteroatoms. The molecule has 5 nitrogen and oxygen atoms in total. The largest absolute Gasteiger partial charge is 0.344 e. The predicted molar refractivity (Wildman–Crippen MR) is 75.8 cm³/mol. The summed E-state index contributed by atoms with van der Waals surface area (Å²) in [6.07, 6.45) is 6.57. The standard InChI is InChI=1S/C15H21N3O2/c1-10(12-8-9-12)6-5-7-13(19)17-15(3,4)14-16-11(2)20-18-14/h5-6,12H,1,7-9H2,2-4H3,(H,17,19)/b6-5-. The number of amides is 1. The molecule has 1 N–H and O–H groups in total. The van der Waals surface area contributed by atoms with Crippen LogP contribution in [-0.2, 0) is 10.3 Å². The molecule has 0 radical (unpaired) electrons. The fourth-order valence-corrected chi connectivity index (χ4v) is 1.92. The van der Waals surface area contributed by atoms with Crippen molar-refractivity contribution in [1.29, 1.82) is 0 Å². The van der Waals surface area contributed by atoms with Crippen molar-refractivity contribution in [2.75, 3.05) is 0 Å². The van der Waals surface area contributed by atoms with Crippen molar-refractivity contribution in [2.24, 2.45) is 5.92 Å². The van der Waals surface area contributed by atoms with Gasteiger partial charge in [0.1, 0.15) is 0 Å². The number of allylic oxidation sites excluding steroid dienone is 2. The lowest BCUT2D eigenvalue weighted by molar-refractivity contribution is -0.122. The molecular formula is C15H21N3O2. The number of carbonyl (C=O) groups is 1. The van der Waals surface area contributed by atoms with E-state index in [1.807, 2.05) is 26.0 Å². The third-order valence-electron chi connectivity index (χ3n) is 3.28. The zero-order chi connectivity index (χ0) is 14.8. The third-order valence-corrected chi connectivity index (χ3v) is 3.28. The van der Waals surface area contributed by atoms with Crippen molar-refractivity contribution in [1.82, 2.24) is 15.5 Å². The zero-order valence-corrected chi connectivity index (χ0v) is 12.3. The Morgan fingerprint density at radius 2 is 2.25 bits per heavy atom. The molecule has 0 unspecified atom stereocenters. The number of aryl methyl sites for hydroxylation is 1. The number of rotatable bonds is 6. The zero-order valence-electron chi connectivity index (χ0n) is 12.3. The number of aromatic nitrogens is 2. The van der Waals surface area contributed by atoms with Crippen molar-refractivity contribution in [3.05, 3.63) is 36.0 Å². The smallest absolute Gasteiger partial charge is 0.224 e. The van der Waals surface area contributed by atoms with E-state index in [9.17, 15) is 4.79 Å². The Bertz CT molecular complexity index is 539. The second-order valence-electron chi connectivity index (χ2n) is 5.77. The molecule has 1 aromatic heterocycles. The van der Waals surface area contributed by atoms with Gasteiger partial charge in [-0.1, -0.05) is 29.5 Å². The van der Waals surface area contributed by atoms with E-state index >= 15 is 0 Å². The average Bonchev–Trinajstić information content (AvgIpc) is 3.10. The molecule has 1 saturated carbocycles. The lowest BCUT2D eigenvalue weighted by Gasteiger charge is -2.21. The summed E-state index contributed by atoms with van der Waals surface area (Å²) in [5.41, 5.74) is 0.474. The van der Waals surface area contributed by atoms with Gasteiger partial charge in [0.15, 0.2) is 5.82 Å². The van der Waals surface area contributed by atoms with Crippen LogP contribution in [0.1, 0.15) is 44.8 Å². The van der Waals surface area contributed by atoms with Crippen LogP contribution in [-0.4, -0.2) is 16.0 Å². The Kier molecular flexibility index (Phi) is 4.06. The van der Waals surface area contributed by atoms with Crippen LogP contribution in [0.25, 0.3) is 0 Å². The Hall–Kier alpha value is -1.91. The molecule has 1 aliphatic carbocycles. The lowest BCUT2D eigenvalue weighted by Crippen LogP contribution is -2.41. The fraction of sp³-hybridized carbons (Fsp3) is 0.533. The first-order chi connectivity index (χ1) is 9.38. The van der Waals surface area contributed by atoms with Crippen LogP contribution in [0.2, 0.25) is 0 Å². The van der Waals surface area contributed by atoms with E-state index in [1.54, 1.807) is 6.92 Å². The highest BCUT2D eigenvalue weighted by Crippen LogP contribution is 2.35. The maximum Gasteiger partial charge on any atom is 0.224 e. The van der Waals surface area contributed by atoms with Gasteiger partial charge in [0.25, 0.3) is 0 Å². The number of hydrogen-bond donors (Lipinski definition) is 1. The van der Waals surface area contributed by atoms with Crippen molar-refractivity contribution in [2.45, 2.75) is 45.6 Å². The van der Waals surface area contributed by atoms with Gasteiger partial charge in [-0.05, 0) is 32.6 Å². The Morgan fingerprint density at radius 3 is 2.80 bits per heavy atom. The number of hydrogen-bond acceptors (Lipinski definition) is 4. The second-order valence-corrected chi connectivity index (χ2v) is 5.77. The van der Waals surface area contributed by atoms with Gasteiger partial charge in [0.2, 0.25) is 11.8 Å². The third kappa shape index (κ3) is 3.79. The molecule has 20 heavy (non-hydrogen) atoms. The predicted octanol–water partition coefficient (Wildman–Crippen LogP) is 2.64. The minimum absolute atomic E-state index is 0.0719. The van der Waals surface area contributed by atoms with Crippen molar-refractivity contribution in [3.63, 3.8) is 0 Å². The van der Waals surface area contributed by atoms with Gasteiger partial charge in [-0.15, -0.1) is 0 Å². The van der Waals surface area contributed by atoms with Crippen LogP contribution in [0.3, 0.4) is 0 Å². The molecule has 0 bridgehead atoms. The van der Waals surface area contributed by atoms with Gasteiger partial charge in [0, 0.05) is 13.3 Å². The summed E-state index contributed by atoms with van der Waals surface area (Å²) in [5.74, 6) is 1.53. The van der Waals surface area contributed by atoms with Crippen molar-refractivity contribution in [3.8, 4) is 0 Å². The summed E-state index contributed by atoms with van der Waals surface area (Å²) in [5, 5.41) is 6.75. The molecule has 1 fully saturated rings. The molecule has 0 saturated heterocycles. The van der Waals surface area contributed by atoms with Gasteiger partial charge in [-0.3, -0.25) is 4.79 Å². The van der Waals surface area contributed by atoms with Gasteiger partial charge in [-0.2, -0.15) is 4.98 Å². The molecule has 1 aliphatic rings. The molecule has 0 aromatic carbocycles. The Morgan fingerprint density at radius 1 is 1.55 bits per heavy atom. The highest BCUT2D eigenvalue weighted by atomic mass is 16.5. The Balaban J connectivity index is 1.85. The van der Waals surface area contributed by atoms with Gasteiger partial charge >= 0.3 is 0 Å². The molecule has 0 aliphatic heterocycles. The maximum atomic E-state index is 11.9. The SMILES string of the molecule is C=C(/C=C\CC(=O)NC(C)(C)c1noc(C)n1)C1CC1. The Labute approximate surface area is 119 Å². The van der Waals surface area contributed by atoms with E-state index < -0.39 is 5.54 Å². The van der Waals surface area contributed by atoms with Crippen LogP contribution < -0.4 is 5.32 Å². The average molecular weight is 275 g/mol. The van der Waals surface area contributed by atoms with Gasteiger partial charge in [0.05, 0.1) is 5.54 Å². The summed E-state index contributed by atoms with van der Waals surface area (Å²) in [7, 11) is 0. The molecule has 1 heterocycles. The van der Waals surface area contributed by atoms with Crippen LogP contribution in [0.15, 0.2) is 28.8 Å². The van der Waals surface area contributed by atoms with E-state index in [0.717, 1.165) is 5.57 Å². The number of nitrogens with zero attached hydrogens (tertiary/aromatic N) is 2. The quantitative estimate of drug-likeness (QED) is 0.810. The highest BCUT2D eigenvalue weighted by Gasteiger charge is 2.27. The molecule has 108 valence electrons. The van der Waals surface area contributed by atoms with Gasteiger partial charge < -0.3 is 9.84 Å². The lowest BCUT2D eigenvalue weighted by atomic mass is 10.0. The molecule has 1 aromatic rings. The van der Waals surface area contributed by atoms with Crippen molar-refractivity contribution < 1.29 is 9.32 Å². The van der Waals surface area contributed by atoms with Crippen LogP contribution >= 0.6 is 0 Å². The van der Waals surface area contributed by atoms with E-state index in [2.05, 4.69) is 22.0 Å². The first-order valence-corrected chi connectivity index (χ1v) is 6.85. The van der Waals surface area contributed by atoms with Crippen molar-refractivity contribution >= 4 is 5.91 Å². The van der Waals surface area contributed by atoms with E-state index in [1.165, 1.54) is 12.8 Å². The summed E-state index contributed by atoms with van der Waals surface area (Å²) in [6.45, 7) is 9.41. The maximum absolute atomic E-state index is 11.9. The summed E-state index contributed by atoms with van der Waals surface area (Å²) >= 11 is 0. The summed E-state index contributed by atoms with van der Waals surface area (Å²) in [6, 6.07) is 0. The van der Waals surface area contributed by atoms with Crippen LogP contribution in [0.4, 0.5) is 0 Å². The monoisotopic (exact) mass is 275 g/mol. The molecular weight excluding hydrogens is 254 g/mol. The number of nitrogens with one attached hydrogen (secondary N) is 1. The van der Waals surface area contributed by atoms with E-state index in [-0.39, 0.29) is 5.91 Å². The van der Waals surface area contributed by atoms with Gasteiger partial charge in [-0.25, -0.2) is 0 Å². The first kappa shape index (κ1) is 14.5.